The lowest BCUT2D eigenvalue weighted by Gasteiger charge is -2.41. The number of carbonyl (C=O) groups excluding carboxylic acids is 1. The van der Waals surface area contributed by atoms with E-state index < -0.39 is 5.54 Å². The Morgan fingerprint density at radius 2 is 1.78 bits per heavy atom. The quantitative estimate of drug-likeness (QED) is 0.759. The maximum Gasteiger partial charge on any atom is 0.237 e. The fourth-order valence-electron chi connectivity index (χ4n) is 3.79. The first-order valence-electron chi connectivity index (χ1n) is 7.70. The van der Waals surface area contributed by atoms with Gasteiger partial charge in [0.25, 0.3) is 0 Å². The lowest BCUT2D eigenvalue weighted by Crippen LogP contribution is -2.60. The first-order chi connectivity index (χ1) is 8.62. The molecule has 3 heteroatoms. The molecule has 18 heavy (non-hydrogen) atoms. The standard InChI is InChI=1S/C15H28N2O/c1-12-7-6-10-15(11-12,14(16)18)17-13-8-4-2-3-5-9-13/h12-13,17H,2-11H2,1H3,(H2,16,18). The van der Waals surface area contributed by atoms with Gasteiger partial charge in [-0.05, 0) is 31.6 Å². The second-order valence-corrected chi connectivity index (χ2v) is 6.48. The number of carbonyl (C=O) groups is 1. The molecule has 0 spiro atoms. The summed E-state index contributed by atoms with van der Waals surface area (Å²) in [6.07, 6.45) is 11.9. The number of nitrogens with one attached hydrogen (secondary N) is 1. The van der Waals surface area contributed by atoms with Gasteiger partial charge in [0.2, 0.25) is 5.91 Å². The summed E-state index contributed by atoms with van der Waals surface area (Å²) in [6.45, 7) is 2.24. The summed E-state index contributed by atoms with van der Waals surface area (Å²) >= 11 is 0. The Hall–Kier alpha value is -0.570. The van der Waals surface area contributed by atoms with Crippen molar-refractivity contribution in [2.45, 2.75) is 82.7 Å². The van der Waals surface area contributed by atoms with Crippen molar-refractivity contribution in [1.29, 1.82) is 0 Å². The van der Waals surface area contributed by atoms with E-state index in [1.165, 1.54) is 44.9 Å². The van der Waals surface area contributed by atoms with Crippen molar-refractivity contribution in [2.24, 2.45) is 11.7 Å². The van der Waals surface area contributed by atoms with Crippen molar-refractivity contribution in [3.63, 3.8) is 0 Å². The van der Waals surface area contributed by atoms with Crippen LogP contribution in [0, 0.1) is 5.92 Å². The Balaban J connectivity index is 2.02. The first-order valence-corrected chi connectivity index (χ1v) is 7.70. The zero-order valence-electron chi connectivity index (χ0n) is 11.7. The number of hydrogen-bond donors (Lipinski definition) is 2. The van der Waals surface area contributed by atoms with Crippen LogP contribution in [-0.4, -0.2) is 17.5 Å². The van der Waals surface area contributed by atoms with Crippen LogP contribution in [0.25, 0.3) is 0 Å². The highest BCUT2D eigenvalue weighted by molar-refractivity contribution is 5.84. The van der Waals surface area contributed by atoms with Crippen LogP contribution in [0.15, 0.2) is 0 Å². The molecule has 3 nitrogen and oxygen atoms in total. The minimum atomic E-state index is -0.410. The van der Waals surface area contributed by atoms with E-state index in [2.05, 4.69) is 12.2 Å². The first kappa shape index (κ1) is 13.9. The Morgan fingerprint density at radius 1 is 1.11 bits per heavy atom. The molecule has 0 aromatic rings. The van der Waals surface area contributed by atoms with E-state index >= 15 is 0 Å². The number of hydrogen-bond acceptors (Lipinski definition) is 2. The summed E-state index contributed by atoms with van der Waals surface area (Å²) in [6, 6.07) is 0.505. The number of primary amides is 1. The molecule has 104 valence electrons. The monoisotopic (exact) mass is 252 g/mol. The molecule has 0 bridgehead atoms. The average Bonchev–Trinajstić information content (AvgIpc) is 2.57. The van der Waals surface area contributed by atoms with Gasteiger partial charge in [-0.1, -0.05) is 45.4 Å². The van der Waals surface area contributed by atoms with Crippen molar-refractivity contribution in [2.75, 3.05) is 0 Å². The topological polar surface area (TPSA) is 55.1 Å². The zero-order valence-corrected chi connectivity index (χ0v) is 11.7. The third-order valence-electron chi connectivity index (χ3n) is 4.80. The minimum Gasteiger partial charge on any atom is -0.368 e. The maximum atomic E-state index is 11.9. The molecule has 2 unspecified atom stereocenters. The maximum absolute atomic E-state index is 11.9. The second-order valence-electron chi connectivity index (χ2n) is 6.48. The molecular weight excluding hydrogens is 224 g/mol. The minimum absolute atomic E-state index is 0.127. The third kappa shape index (κ3) is 3.25. The van der Waals surface area contributed by atoms with Crippen LogP contribution >= 0.6 is 0 Å². The fourth-order valence-corrected chi connectivity index (χ4v) is 3.79. The average molecular weight is 252 g/mol. The summed E-state index contributed by atoms with van der Waals surface area (Å²) in [5.41, 5.74) is 5.31. The van der Waals surface area contributed by atoms with Crippen LogP contribution in [-0.2, 0) is 4.79 Å². The van der Waals surface area contributed by atoms with Crippen molar-refractivity contribution < 1.29 is 4.79 Å². The van der Waals surface area contributed by atoms with Gasteiger partial charge in [-0.3, -0.25) is 4.79 Å². The number of amides is 1. The van der Waals surface area contributed by atoms with Gasteiger partial charge in [0.1, 0.15) is 0 Å². The van der Waals surface area contributed by atoms with Gasteiger partial charge in [-0.15, -0.1) is 0 Å². The molecule has 2 saturated carbocycles. The van der Waals surface area contributed by atoms with Crippen LogP contribution in [0.1, 0.15) is 71.1 Å². The Kier molecular flexibility index (Phi) is 4.66. The van der Waals surface area contributed by atoms with Gasteiger partial charge in [-0.2, -0.15) is 0 Å². The van der Waals surface area contributed by atoms with E-state index in [9.17, 15) is 4.79 Å². The molecule has 1 amide bonds. The molecule has 2 atom stereocenters. The van der Waals surface area contributed by atoms with Crippen LogP contribution in [0.4, 0.5) is 0 Å². The van der Waals surface area contributed by atoms with E-state index in [0.717, 1.165) is 19.3 Å². The summed E-state index contributed by atoms with van der Waals surface area (Å²) in [5.74, 6) is 0.489. The highest BCUT2D eigenvalue weighted by Gasteiger charge is 2.41. The molecule has 0 radical (unpaired) electrons. The SMILES string of the molecule is CC1CCCC(NC2CCCCCC2)(C(N)=O)C1. The van der Waals surface area contributed by atoms with E-state index in [4.69, 9.17) is 5.73 Å². The van der Waals surface area contributed by atoms with Gasteiger partial charge in [0.05, 0.1) is 5.54 Å². The van der Waals surface area contributed by atoms with E-state index in [0.29, 0.717) is 12.0 Å². The summed E-state index contributed by atoms with van der Waals surface area (Å²) in [7, 11) is 0. The second kappa shape index (κ2) is 6.05. The smallest absolute Gasteiger partial charge is 0.237 e. The molecule has 2 aliphatic rings. The highest BCUT2D eigenvalue weighted by Crippen LogP contribution is 2.33. The van der Waals surface area contributed by atoms with Gasteiger partial charge in [0, 0.05) is 6.04 Å². The van der Waals surface area contributed by atoms with E-state index in [1.54, 1.807) is 0 Å². The largest absolute Gasteiger partial charge is 0.368 e. The number of rotatable bonds is 3. The predicted molar refractivity (Wildman–Crippen MR) is 74.2 cm³/mol. The molecule has 0 aliphatic heterocycles. The normalized spacial score (nSPS) is 35.1. The lowest BCUT2D eigenvalue weighted by atomic mass is 9.75. The molecule has 0 aromatic carbocycles. The molecule has 2 fully saturated rings. The summed E-state index contributed by atoms with van der Waals surface area (Å²) < 4.78 is 0. The molecule has 0 saturated heterocycles. The Morgan fingerprint density at radius 3 is 2.33 bits per heavy atom. The summed E-state index contributed by atoms with van der Waals surface area (Å²) in [5, 5.41) is 3.67. The van der Waals surface area contributed by atoms with E-state index in [1.807, 2.05) is 0 Å². The zero-order chi connectivity index (χ0) is 13.0. The molecule has 0 heterocycles. The Labute approximate surface area is 111 Å². The predicted octanol–water partition coefficient (Wildman–Crippen LogP) is 2.73. The Bertz CT molecular complexity index is 284. The third-order valence-corrected chi connectivity index (χ3v) is 4.80. The summed E-state index contributed by atoms with van der Waals surface area (Å²) in [4.78, 5) is 11.9. The molecular formula is C15H28N2O. The van der Waals surface area contributed by atoms with Gasteiger partial charge in [0.15, 0.2) is 0 Å². The van der Waals surface area contributed by atoms with Crippen molar-refractivity contribution in [3.05, 3.63) is 0 Å². The van der Waals surface area contributed by atoms with Gasteiger partial charge < -0.3 is 11.1 Å². The van der Waals surface area contributed by atoms with Crippen LogP contribution < -0.4 is 11.1 Å². The highest BCUT2D eigenvalue weighted by atomic mass is 16.1. The molecule has 2 aliphatic carbocycles. The van der Waals surface area contributed by atoms with Crippen molar-refractivity contribution >= 4 is 5.91 Å². The van der Waals surface area contributed by atoms with Crippen LogP contribution in [0.5, 0.6) is 0 Å². The molecule has 0 aromatic heterocycles. The van der Waals surface area contributed by atoms with Crippen molar-refractivity contribution in [3.8, 4) is 0 Å². The molecule has 3 N–H and O–H groups in total. The molecule has 2 rings (SSSR count). The lowest BCUT2D eigenvalue weighted by molar-refractivity contribution is -0.126. The van der Waals surface area contributed by atoms with Crippen molar-refractivity contribution in [1.82, 2.24) is 5.32 Å². The fraction of sp³-hybridized carbons (Fsp3) is 0.933. The van der Waals surface area contributed by atoms with E-state index in [-0.39, 0.29) is 5.91 Å². The number of nitrogens with two attached hydrogens (primary N) is 1. The van der Waals surface area contributed by atoms with Gasteiger partial charge in [-0.25, -0.2) is 0 Å². The van der Waals surface area contributed by atoms with Crippen LogP contribution in [0.2, 0.25) is 0 Å². The van der Waals surface area contributed by atoms with Gasteiger partial charge >= 0.3 is 0 Å². The van der Waals surface area contributed by atoms with Crippen LogP contribution in [0.3, 0.4) is 0 Å².